The smallest absolute Gasteiger partial charge is 0.251 e. The van der Waals surface area contributed by atoms with Crippen LogP contribution in [0.25, 0.3) is 0 Å². The molecule has 0 atom stereocenters. The van der Waals surface area contributed by atoms with Gasteiger partial charge in [0.15, 0.2) is 0 Å². The third-order valence-electron chi connectivity index (χ3n) is 2.36. The van der Waals surface area contributed by atoms with Gasteiger partial charge in [0.05, 0.1) is 0 Å². The molecule has 0 heterocycles. The van der Waals surface area contributed by atoms with Gasteiger partial charge in [-0.1, -0.05) is 17.7 Å². The first-order chi connectivity index (χ1) is 9.13. The number of amides is 2. The Hall–Kier alpha value is -1.26. The van der Waals surface area contributed by atoms with Crippen LogP contribution in [0.1, 0.15) is 23.2 Å². The molecule has 1 aromatic rings. The van der Waals surface area contributed by atoms with Crippen LogP contribution in [-0.4, -0.2) is 30.8 Å². The number of nitrogens with one attached hydrogen (secondary N) is 2. The summed E-state index contributed by atoms with van der Waals surface area (Å²) in [5.41, 5.74) is 0.501. The largest absolute Gasteiger partial charge is 0.354 e. The van der Waals surface area contributed by atoms with Gasteiger partial charge < -0.3 is 10.6 Å². The van der Waals surface area contributed by atoms with Crippen molar-refractivity contribution < 1.29 is 9.59 Å². The van der Waals surface area contributed by atoms with Crippen LogP contribution in [-0.2, 0) is 4.79 Å². The van der Waals surface area contributed by atoms with Crippen LogP contribution in [0, 0.1) is 0 Å². The summed E-state index contributed by atoms with van der Waals surface area (Å²) in [6.45, 7) is 0.769. The van der Waals surface area contributed by atoms with E-state index in [9.17, 15) is 9.59 Å². The van der Waals surface area contributed by atoms with Gasteiger partial charge in [-0.2, -0.15) is 0 Å². The molecule has 2 amide bonds. The molecule has 4 nitrogen and oxygen atoms in total. The second-order valence-corrected chi connectivity index (χ2v) is 4.72. The Morgan fingerprint density at radius 1 is 1.16 bits per heavy atom. The third-order valence-corrected chi connectivity index (χ3v) is 2.86. The van der Waals surface area contributed by atoms with E-state index in [0.29, 0.717) is 42.4 Å². The minimum atomic E-state index is -0.211. The molecule has 0 aromatic heterocycles. The Balaban J connectivity index is 2.22. The summed E-state index contributed by atoms with van der Waals surface area (Å²) in [7, 11) is 0. The number of benzene rings is 1. The van der Waals surface area contributed by atoms with Crippen LogP contribution in [0.2, 0.25) is 5.02 Å². The summed E-state index contributed by atoms with van der Waals surface area (Å²) < 4.78 is 0. The Labute approximate surface area is 122 Å². The van der Waals surface area contributed by atoms with Crippen molar-refractivity contribution in [2.24, 2.45) is 0 Å². The molecule has 1 rings (SSSR count). The molecule has 2 N–H and O–H groups in total. The Bertz CT molecular complexity index is 438. The zero-order chi connectivity index (χ0) is 14.1. The molecule has 6 heteroatoms. The van der Waals surface area contributed by atoms with Crippen LogP contribution in [0.15, 0.2) is 24.3 Å². The van der Waals surface area contributed by atoms with E-state index in [2.05, 4.69) is 10.6 Å². The van der Waals surface area contributed by atoms with Crippen LogP contribution < -0.4 is 10.6 Å². The van der Waals surface area contributed by atoms with Gasteiger partial charge >= 0.3 is 0 Å². The maximum Gasteiger partial charge on any atom is 0.251 e. The van der Waals surface area contributed by atoms with Crippen molar-refractivity contribution >= 4 is 35.0 Å². The Morgan fingerprint density at radius 3 is 2.58 bits per heavy atom. The monoisotopic (exact) mass is 302 g/mol. The molecule has 0 aliphatic rings. The summed E-state index contributed by atoms with van der Waals surface area (Å²) >= 11 is 11.3. The molecular formula is C13H16Cl2N2O2. The predicted octanol–water partition coefficient (Wildman–Crippen LogP) is 2.21. The number of alkyl halides is 1. The van der Waals surface area contributed by atoms with Gasteiger partial charge in [0.1, 0.15) is 0 Å². The fourth-order valence-electron chi connectivity index (χ4n) is 1.43. The SMILES string of the molecule is O=C(CCCCl)NCCNC(=O)c1cccc(Cl)c1. The van der Waals surface area contributed by atoms with E-state index in [4.69, 9.17) is 23.2 Å². The summed E-state index contributed by atoms with van der Waals surface area (Å²) in [5.74, 6) is 0.203. The second kappa shape index (κ2) is 8.77. The average molecular weight is 303 g/mol. The molecule has 19 heavy (non-hydrogen) atoms. The van der Waals surface area contributed by atoms with Crippen molar-refractivity contribution in [3.63, 3.8) is 0 Å². The van der Waals surface area contributed by atoms with Crippen molar-refractivity contribution in [1.82, 2.24) is 10.6 Å². The van der Waals surface area contributed by atoms with Crippen molar-refractivity contribution in [3.8, 4) is 0 Å². The molecule has 1 aromatic carbocycles. The molecule has 0 aliphatic carbocycles. The molecule has 0 fully saturated rings. The Morgan fingerprint density at radius 2 is 1.89 bits per heavy atom. The molecular weight excluding hydrogens is 287 g/mol. The van der Waals surface area contributed by atoms with Crippen LogP contribution in [0.4, 0.5) is 0 Å². The number of carbonyl (C=O) groups excluding carboxylic acids is 2. The standard InChI is InChI=1S/C13H16Cl2N2O2/c14-6-2-5-12(18)16-7-8-17-13(19)10-3-1-4-11(15)9-10/h1,3-4,9H,2,5-8H2,(H,16,18)(H,17,19). The molecule has 0 unspecified atom stereocenters. The van der Waals surface area contributed by atoms with Crippen molar-refractivity contribution in [2.75, 3.05) is 19.0 Å². The zero-order valence-corrected chi connectivity index (χ0v) is 11.9. The molecule has 0 aliphatic heterocycles. The van der Waals surface area contributed by atoms with E-state index in [0.717, 1.165) is 0 Å². The van der Waals surface area contributed by atoms with Gasteiger partial charge in [-0.05, 0) is 24.6 Å². The van der Waals surface area contributed by atoms with Gasteiger partial charge in [0.2, 0.25) is 5.91 Å². The maximum absolute atomic E-state index is 11.7. The van der Waals surface area contributed by atoms with E-state index < -0.39 is 0 Å². The summed E-state index contributed by atoms with van der Waals surface area (Å²) in [6, 6.07) is 6.69. The quantitative estimate of drug-likeness (QED) is 0.599. The topological polar surface area (TPSA) is 58.2 Å². The number of halogens is 2. The van der Waals surface area contributed by atoms with E-state index in [-0.39, 0.29) is 11.8 Å². The van der Waals surface area contributed by atoms with Crippen molar-refractivity contribution in [2.45, 2.75) is 12.8 Å². The first-order valence-corrected chi connectivity index (χ1v) is 6.91. The van der Waals surface area contributed by atoms with E-state index in [1.54, 1.807) is 24.3 Å². The second-order valence-electron chi connectivity index (χ2n) is 3.91. The Kier molecular flexibility index (Phi) is 7.30. The maximum atomic E-state index is 11.7. The minimum absolute atomic E-state index is 0.0577. The highest BCUT2D eigenvalue weighted by Gasteiger charge is 2.05. The van der Waals surface area contributed by atoms with E-state index >= 15 is 0 Å². The number of hydrogen-bond donors (Lipinski definition) is 2. The van der Waals surface area contributed by atoms with Gasteiger partial charge in [-0.25, -0.2) is 0 Å². The van der Waals surface area contributed by atoms with E-state index in [1.165, 1.54) is 0 Å². The van der Waals surface area contributed by atoms with Gasteiger partial charge in [-0.3, -0.25) is 9.59 Å². The van der Waals surface area contributed by atoms with Gasteiger partial charge in [0, 0.05) is 36.0 Å². The number of hydrogen-bond acceptors (Lipinski definition) is 2. The van der Waals surface area contributed by atoms with Gasteiger partial charge in [-0.15, -0.1) is 11.6 Å². The van der Waals surface area contributed by atoms with Crippen LogP contribution in [0.3, 0.4) is 0 Å². The normalized spacial score (nSPS) is 10.0. The van der Waals surface area contributed by atoms with Gasteiger partial charge in [0.25, 0.3) is 5.91 Å². The first-order valence-electron chi connectivity index (χ1n) is 6.00. The third kappa shape index (κ3) is 6.45. The summed E-state index contributed by atoms with van der Waals surface area (Å²) in [5, 5.41) is 5.91. The lowest BCUT2D eigenvalue weighted by atomic mass is 10.2. The summed E-state index contributed by atoms with van der Waals surface area (Å²) in [4.78, 5) is 23.0. The molecule has 0 bridgehead atoms. The molecule has 0 saturated heterocycles. The lowest BCUT2D eigenvalue weighted by Gasteiger charge is -2.07. The number of rotatable bonds is 7. The highest BCUT2D eigenvalue weighted by molar-refractivity contribution is 6.30. The molecule has 0 spiro atoms. The first kappa shape index (κ1) is 15.8. The summed E-state index contributed by atoms with van der Waals surface area (Å²) in [6.07, 6.45) is 1.06. The lowest BCUT2D eigenvalue weighted by Crippen LogP contribution is -2.34. The van der Waals surface area contributed by atoms with Crippen molar-refractivity contribution in [1.29, 1.82) is 0 Å². The number of carbonyl (C=O) groups is 2. The molecule has 104 valence electrons. The molecule has 0 saturated carbocycles. The fourth-order valence-corrected chi connectivity index (χ4v) is 1.75. The van der Waals surface area contributed by atoms with Crippen LogP contribution in [0.5, 0.6) is 0 Å². The zero-order valence-electron chi connectivity index (χ0n) is 10.4. The fraction of sp³-hybridized carbons (Fsp3) is 0.385. The van der Waals surface area contributed by atoms with Crippen molar-refractivity contribution in [3.05, 3.63) is 34.9 Å². The van der Waals surface area contributed by atoms with Crippen LogP contribution >= 0.6 is 23.2 Å². The molecule has 0 radical (unpaired) electrons. The van der Waals surface area contributed by atoms with E-state index in [1.807, 2.05) is 0 Å². The highest BCUT2D eigenvalue weighted by Crippen LogP contribution is 2.10. The highest BCUT2D eigenvalue weighted by atomic mass is 35.5. The average Bonchev–Trinajstić information content (AvgIpc) is 2.41. The lowest BCUT2D eigenvalue weighted by molar-refractivity contribution is -0.121. The minimum Gasteiger partial charge on any atom is -0.354 e. The predicted molar refractivity (Wildman–Crippen MR) is 76.7 cm³/mol.